The Labute approximate surface area is 443 Å². The molecule has 0 fully saturated rings. The Balaban J connectivity index is 1.40. The fourth-order valence-corrected chi connectivity index (χ4v) is 11.4. The molecule has 0 amide bonds. The minimum absolute atomic E-state index is 0.00622. The number of azo groups is 2. The lowest BCUT2D eigenvalue weighted by atomic mass is 10.1. The molecule has 0 aliphatic rings. The van der Waals surface area contributed by atoms with Crippen LogP contribution in [0.25, 0.3) is 10.8 Å². The summed E-state index contributed by atoms with van der Waals surface area (Å²) in [5, 5.41) is 59.0. The van der Waals surface area contributed by atoms with Crippen molar-refractivity contribution in [3.63, 3.8) is 0 Å². The van der Waals surface area contributed by atoms with Gasteiger partial charge in [-0.05, 0) is 96.9 Å². The molecule has 0 atom stereocenters. The first-order valence-corrected chi connectivity index (χ1v) is 29.8. The van der Waals surface area contributed by atoms with E-state index in [0.717, 1.165) is 48.5 Å². The van der Waals surface area contributed by atoms with E-state index in [1.165, 1.54) is 24.3 Å². The monoisotopic (exact) mass is 1210 g/mol. The van der Waals surface area contributed by atoms with Crippen molar-refractivity contribution in [2.45, 2.75) is 37.8 Å². The minimum atomic E-state index is -5.30. The fraction of sp³-hybridized carbons (Fsp3) is 0.162. The molecule has 0 saturated carbocycles. The van der Waals surface area contributed by atoms with Crippen molar-refractivity contribution in [1.29, 1.82) is 0 Å². The van der Waals surface area contributed by atoms with Gasteiger partial charge in [0.1, 0.15) is 38.4 Å². The normalized spacial score (nSPS) is 12.7. The summed E-state index contributed by atoms with van der Waals surface area (Å²) in [6, 6.07) is 14.4. The van der Waals surface area contributed by atoms with Crippen molar-refractivity contribution in [2.24, 2.45) is 20.5 Å². The van der Waals surface area contributed by atoms with E-state index in [9.17, 15) is 60.9 Å². The molecule has 39 heteroatoms. The van der Waals surface area contributed by atoms with Crippen LogP contribution in [-0.2, 0) is 73.0 Å². The molecule has 0 unspecified atom stereocenters. The van der Waals surface area contributed by atoms with Crippen LogP contribution in [0.15, 0.2) is 124 Å². The predicted octanol–water partition coefficient (Wildman–Crippen LogP) is 7.84. The first-order chi connectivity index (χ1) is 35.7. The zero-order valence-corrected chi connectivity index (χ0v) is 44.2. The number of nitrogens with zero attached hydrogens (tertiary/aromatic N) is 7. The molecule has 0 saturated heterocycles. The van der Waals surface area contributed by atoms with E-state index in [0.29, 0.717) is 18.2 Å². The number of phenolic OH excluding ortho intramolecular Hbond substituents is 1. The van der Waals surface area contributed by atoms with Crippen LogP contribution in [0.4, 0.5) is 51.7 Å². The predicted molar refractivity (Wildman–Crippen MR) is 268 cm³/mol. The molecular formula is C37H35ClN10O21S7. The van der Waals surface area contributed by atoms with Crippen molar-refractivity contribution in [3.05, 3.63) is 84.1 Å². The zero-order valence-electron chi connectivity index (χ0n) is 37.7. The molecule has 0 aliphatic heterocycles. The summed E-state index contributed by atoms with van der Waals surface area (Å²) in [5.41, 5.74) is -2.27. The van der Waals surface area contributed by atoms with Gasteiger partial charge in [-0.15, -0.1) is 29.1 Å². The maximum Gasteiger partial charge on any atom is 0.296 e. The summed E-state index contributed by atoms with van der Waals surface area (Å²) in [6.07, 6.45) is 0.413. The molecule has 408 valence electrons. The van der Waals surface area contributed by atoms with Crippen molar-refractivity contribution >= 4 is 148 Å². The highest BCUT2D eigenvalue weighted by molar-refractivity contribution is 7.94. The van der Waals surface area contributed by atoms with E-state index in [1.807, 2.05) is 0 Å². The maximum atomic E-state index is 13.0. The number of phenols is 1. The lowest BCUT2D eigenvalue weighted by Gasteiger charge is -2.14. The minimum Gasteiger partial charge on any atom is -0.505 e. The summed E-state index contributed by atoms with van der Waals surface area (Å²) in [5.74, 6) is -3.19. The van der Waals surface area contributed by atoms with Crippen molar-refractivity contribution < 1.29 is 94.3 Å². The Hall–Kier alpha value is -5.89. The van der Waals surface area contributed by atoms with Gasteiger partial charge in [-0.2, -0.15) is 40.2 Å². The Bertz CT molecular complexity index is 3790. The Morgan fingerprint density at radius 3 is 1.87 bits per heavy atom. The molecule has 1 aromatic heterocycles. The van der Waals surface area contributed by atoms with E-state index in [2.05, 4.69) is 70.1 Å². The van der Waals surface area contributed by atoms with Gasteiger partial charge in [-0.1, -0.05) is 17.0 Å². The number of nitrogens with one attached hydrogen (secondary N) is 3. The highest BCUT2D eigenvalue weighted by Crippen LogP contribution is 2.49. The lowest BCUT2D eigenvalue weighted by Crippen LogP contribution is -2.13. The number of benzene rings is 5. The smallest absolute Gasteiger partial charge is 0.296 e. The SMILES string of the molecule is CCCS(=O)(=O)c1ccc(Nc2nc(Cl)nc(Nc3ccc(S(=O)(=O)O)c(/N=N/c4c(SOOO)cc5c(/N=N/c6ccc(S(=O)(=O)CCOSOOO)cc6S(=O)(=O)O)c(NCS(=O)(=O)O)ccc5c4O)c3)n2)cc1. The molecule has 0 spiro atoms. The van der Waals surface area contributed by atoms with Gasteiger partial charge in [-0.3, -0.25) is 17.8 Å². The topological polar surface area (TPSA) is 462 Å². The molecule has 5 aromatic carbocycles. The summed E-state index contributed by atoms with van der Waals surface area (Å²) >= 11 is 6.37. The number of hydrogen-bond acceptors (Lipinski definition) is 30. The van der Waals surface area contributed by atoms with Crippen molar-refractivity contribution in [3.8, 4) is 5.75 Å². The van der Waals surface area contributed by atoms with E-state index in [-0.39, 0.29) is 79.2 Å². The van der Waals surface area contributed by atoms with E-state index < -0.39 is 111 Å². The van der Waals surface area contributed by atoms with Gasteiger partial charge in [0.25, 0.3) is 30.4 Å². The Morgan fingerprint density at radius 1 is 0.632 bits per heavy atom. The number of aromatic hydroxyl groups is 1. The molecular weight excluding hydrogens is 1180 g/mol. The molecule has 31 nitrogen and oxygen atoms in total. The Kier molecular flexibility index (Phi) is 19.6. The molecule has 0 bridgehead atoms. The second-order valence-electron chi connectivity index (χ2n) is 14.6. The molecule has 76 heavy (non-hydrogen) atoms. The van der Waals surface area contributed by atoms with Gasteiger partial charge >= 0.3 is 0 Å². The van der Waals surface area contributed by atoms with Crippen LogP contribution in [0.1, 0.15) is 13.3 Å². The van der Waals surface area contributed by atoms with Crippen LogP contribution in [0, 0.1) is 0 Å². The number of fused-ring (bicyclic) bond motifs is 1. The van der Waals surface area contributed by atoms with Crippen LogP contribution < -0.4 is 16.0 Å². The standard InChI is InChI=1S/C37H35ClN10O21S7/c1-2-14-72(52,53)22-6-3-20(4-7-22)40-36-42-35(38)43-37(44-36)41-21-5-12-30(75(59,60)61)28(16-21)46-48-33-29(70-68-66-50)18-25-24(34(33)49)9-11-27(39-19-74(56,57)58)32(25)47-45-26-10-8-23(17-31(26)76(62,63)64)73(54,55)15-13-65-71-69-67-51/h3-12,16-18,39,49-51H,2,13-15,19H2,1H3,(H,56,57,58)(H,59,60,61)(H,62,63,64)(H2,40,41,42,43,44)/b47-45+,48-46+. The summed E-state index contributed by atoms with van der Waals surface area (Å²) in [6.45, 7) is 1.16. The second kappa shape index (κ2) is 25.1. The first-order valence-electron chi connectivity index (χ1n) is 20.2. The molecule has 0 radical (unpaired) electrons. The number of aromatic nitrogens is 3. The van der Waals surface area contributed by atoms with Crippen molar-refractivity contribution in [2.75, 3.05) is 39.9 Å². The Morgan fingerprint density at radius 2 is 1.24 bits per heavy atom. The van der Waals surface area contributed by atoms with E-state index in [1.54, 1.807) is 6.92 Å². The van der Waals surface area contributed by atoms with Gasteiger partial charge in [0.05, 0.1) is 50.5 Å². The third-order valence-corrected chi connectivity index (χ3v) is 16.5. The van der Waals surface area contributed by atoms with Crippen LogP contribution in [-0.4, -0.2) is 110 Å². The van der Waals surface area contributed by atoms with Gasteiger partial charge in [0, 0.05) is 22.1 Å². The maximum absolute atomic E-state index is 13.0. The summed E-state index contributed by atoms with van der Waals surface area (Å²) in [7, 11) is -23.0. The van der Waals surface area contributed by atoms with Crippen molar-refractivity contribution in [1.82, 2.24) is 15.0 Å². The number of halogens is 1. The van der Waals surface area contributed by atoms with Gasteiger partial charge < -0.3 is 21.1 Å². The average Bonchev–Trinajstić information content (AvgIpc) is 3.34. The summed E-state index contributed by atoms with van der Waals surface area (Å²) in [4.78, 5) is 9.37. The van der Waals surface area contributed by atoms with Crippen LogP contribution in [0.3, 0.4) is 0 Å². The largest absolute Gasteiger partial charge is 0.505 e. The molecule has 0 aliphatic carbocycles. The number of sulfone groups is 2. The third-order valence-electron chi connectivity index (χ3n) is 9.47. The van der Waals surface area contributed by atoms with Crippen LogP contribution >= 0.6 is 36.0 Å². The molecule has 1 heterocycles. The quantitative estimate of drug-likeness (QED) is 0.00623. The zero-order chi connectivity index (χ0) is 55.6. The number of hydrogen-bond donors (Lipinski definition) is 9. The van der Waals surface area contributed by atoms with Gasteiger partial charge in [0.2, 0.25) is 17.2 Å². The highest BCUT2D eigenvalue weighted by Gasteiger charge is 2.25. The first kappa shape index (κ1) is 59.4. The lowest BCUT2D eigenvalue weighted by molar-refractivity contribution is -0.434. The fourth-order valence-electron chi connectivity index (χ4n) is 6.29. The average molecular weight is 1220 g/mol. The van der Waals surface area contributed by atoms with Crippen LogP contribution in [0.2, 0.25) is 5.28 Å². The number of rotatable bonds is 26. The molecule has 9 N–H and O–H groups in total. The third kappa shape index (κ3) is 15.9. The van der Waals surface area contributed by atoms with E-state index in [4.69, 9.17) is 26.3 Å². The number of anilines is 5. The van der Waals surface area contributed by atoms with E-state index >= 15 is 0 Å². The highest BCUT2D eigenvalue weighted by atomic mass is 35.5. The van der Waals surface area contributed by atoms with Crippen LogP contribution in [0.5, 0.6) is 5.75 Å². The molecule has 6 rings (SSSR count). The molecule has 6 aromatic rings. The van der Waals surface area contributed by atoms with Gasteiger partial charge in [-0.25, -0.2) is 27.4 Å². The van der Waals surface area contributed by atoms with Gasteiger partial charge in [0.15, 0.2) is 37.7 Å². The second-order valence-corrected chi connectivity index (χ2v) is 24.7. The summed E-state index contributed by atoms with van der Waals surface area (Å²) < 4.78 is 168.